The van der Waals surface area contributed by atoms with Crippen LogP contribution >= 0.6 is 0 Å². The number of hydrogen-bond acceptors (Lipinski definition) is 4. The van der Waals surface area contributed by atoms with Crippen LogP contribution in [0.3, 0.4) is 0 Å². The summed E-state index contributed by atoms with van der Waals surface area (Å²) in [6.45, 7) is 2.84. The minimum Gasteiger partial charge on any atom is -0.491 e. The zero-order valence-electron chi connectivity index (χ0n) is 9.98. The van der Waals surface area contributed by atoms with Crippen molar-refractivity contribution in [1.29, 1.82) is 0 Å². The molecule has 1 aromatic rings. The van der Waals surface area contributed by atoms with Gasteiger partial charge in [0.15, 0.2) is 0 Å². The highest BCUT2D eigenvalue weighted by molar-refractivity contribution is 5.41. The fraction of sp³-hybridized carbons (Fsp3) is 0.500. The number of rotatable bonds is 7. The maximum atomic E-state index is 5.56. The molecule has 4 heteroatoms. The van der Waals surface area contributed by atoms with Crippen molar-refractivity contribution >= 4 is 5.69 Å². The molecule has 0 atom stereocenters. The highest BCUT2D eigenvalue weighted by atomic mass is 16.5. The second-order valence-electron chi connectivity index (χ2n) is 3.83. The van der Waals surface area contributed by atoms with Gasteiger partial charge >= 0.3 is 0 Å². The maximum Gasteiger partial charge on any atom is 0.119 e. The lowest BCUT2D eigenvalue weighted by atomic mass is 10.3. The van der Waals surface area contributed by atoms with Gasteiger partial charge in [-0.1, -0.05) is 0 Å². The van der Waals surface area contributed by atoms with E-state index in [2.05, 4.69) is 4.90 Å². The molecule has 1 aromatic carbocycles. The molecule has 0 bridgehead atoms. The zero-order valence-corrected chi connectivity index (χ0v) is 9.98. The number of likely N-dealkylation sites (N-methyl/N-ethyl adjacent to an activating group) is 1. The summed E-state index contributed by atoms with van der Waals surface area (Å²) in [5.74, 6) is 0.824. The van der Waals surface area contributed by atoms with Crippen LogP contribution in [0.4, 0.5) is 5.69 Å². The van der Waals surface area contributed by atoms with Gasteiger partial charge in [0.25, 0.3) is 0 Å². The Labute approximate surface area is 96.9 Å². The summed E-state index contributed by atoms with van der Waals surface area (Å²) in [7, 11) is 4.04. The summed E-state index contributed by atoms with van der Waals surface area (Å²) >= 11 is 0. The molecule has 0 saturated carbocycles. The molecule has 0 aliphatic rings. The van der Waals surface area contributed by atoms with Crippen LogP contribution in [0.15, 0.2) is 24.3 Å². The fourth-order valence-electron chi connectivity index (χ4n) is 1.13. The molecule has 0 aliphatic carbocycles. The predicted octanol–water partition coefficient (Wildman–Crippen LogP) is 1.23. The van der Waals surface area contributed by atoms with Crippen molar-refractivity contribution in [3.8, 4) is 5.75 Å². The van der Waals surface area contributed by atoms with Gasteiger partial charge in [0.2, 0.25) is 0 Å². The molecule has 90 valence electrons. The first kappa shape index (κ1) is 12.8. The molecule has 1 rings (SSSR count). The number of benzene rings is 1. The largest absolute Gasteiger partial charge is 0.491 e. The van der Waals surface area contributed by atoms with Crippen molar-refractivity contribution in [1.82, 2.24) is 4.90 Å². The Morgan fingerprint density at radius 1 is 1.06 bits per heavy atom. The molecule has 4 nitrogen and oxygen atoms in total. The van der Waals surface area contributed by atoms with E-state index in [9.17, 15) is 0 Å². The molecule has 0 saturated heterocycles. The topological polar surface area (TPSA) is 47.7 Å². The molecule has 0 heterocycles. The van der Waals surface area contributed by atoms with Crippen LogP contribution in [-0.2, 0) is 4.74 Å². The third-order valence-electron chi connectivity index (χ3n) is 2.06. The number of nitrogen functional groups attached to an aromatic ring is 1. The van der Waals surface area contributed by atoms with E-state index in [1.807, 2.05) is 38.4 Å². The number of anilines is 1. The zero-order chi connectivity index (χ0) is 11.8. The summed E-state index contributed by atoms with van der Waals surface area (Å²) in [6, 6.07) is 7.36. The highest BCUT2D eigenvalue weighted by Gasteiger charge is 1.94. The highest BCUT2D eigenvalue weighted by Crippen LogP contribution is 2.12. The minimum absolute atomic E-state index is 0.567. The Morgan fingerprint density at radius 3 is 2.38 bits per heavy atom. The molecular weight excluding hydrogens is 204 g/mol. The molecule has 0 aromatic heterocycles. The minimum atomic E-state index is 0.567. The van der Waals surface area contributed by atoms with Crippen LogP contribution in [0.25, 0.3) is 0 Å². The van der Waals surface area contributed by atoms with Gasteiger partial charge in [0.1, 0.15) is 12.4 Å². The van der Waals surface area contributed by atoms with Gasteiger partial charge in [0.05, 0.1) is 13.2 Å². The summed E-state index contributed by atoms with van der Waals surface area (Å²) in [5.41, 5.74) is 6.31. The average molecular weight is 224 g/mol. The fourth-order valence-corrected chi connectivity index (χ4v) is 1.13. The normalized spacial score (nSPS) is 10.7. The smallest absolute Gasteiger partial charge is 0.119 e. The number of nitrogens with two attached hydrogens (primary N) is 1. The van der Waals surface area contributed by atoms with Gasteiger partial charge in [-0.05, 0) is 38.4 Å². The van der Waals surface area contributed by atoms with Crippen molar-refractivity contribution < 1.29 is 9.47 Å². The van der Waals surface area contributed by atoms with E-state index in [0.717, 1.165) is 24.6 Å². The SMILES string of the molecule is CN(C)CCOCCOc1ccc(N)cc1. The standard InChI is InChI=1S/C12H20N2O2/c1-14(2)7-8-15-9-10-16-12-5-3-11(13)4-6-12/h3-6H,7-10,13H2,1-2H3. The van der Waals surface area contributed by atoms with Gasteiger partial charge in [-0.3, -0.25) is 0 Å². The summed E-state index contributed by atoms with van der Waals surface area (Å²) in [4.78, 5) is 2.08. The molecule has 0 radical (unpaired) electrons. The number of ether oxygens (including phenoxy) is 2. The molecule has 0 unspecified atom stereocenters. The molecule has 0 aliphatic heterocycles. The summed E-state index contributed by atoms with van der Waals surface area (Å²) in [6.07, 6.45) is 0. The first-order valence-electron chi connectivity index (χ1n) is 5.39. The van der Waals surface area contributed by atoms with E-state index in [0.29, 0.717) is 13.2 Å². The quantitative estimate of drug-likeness (QED) is 0.559. The van der Waals surface area contributed by atoms with Crippen LogP contribution in [0.2, 0.25) is 0 Å². The van der Waals surface area contributed by atoms with Crippen molar-refractivity contribution in [3.63, 3.8) is 0 Å². The van der Waals surface area contributed by atoms with E-state index in [-0.39, 0.29) is 0 Å². The third-order valence-corrected chi connectivity index (χ3v) is 2.06. The molecular formula is C12H20N2O2. The lowest BCUT2D eigenvalue weighted by Gasteiger charge is -2.10. The Hall–Kier alpha value is -1.26. The summed E-state index contributed by atoms with van der Waals surface area (Å²) in [5, 5.41) is 0. The van der Waals surface area contributed by atoms with Crippen LogP contribution in [0.5, 0.6) is 5.75 Å². The number of nitrogens with zero attached hydrogens (tertiary/aromatic N) is 1. The summed E-state index contributed by atoms with van der Waals surface area (Å²) < 4.78 is 10.9. The van der Waals surface area contributed by atoms with Crippen LogP contribution < -0.4 is 10.5 Å². The number of hydrogen-bond donors (Lipinski definition) is 1. The van der Waals surface area contributed by atoms with E-state index in [1.165, 1.54) is 0 Å². The molecule has 0 amide bonds. The van der Waals surface area contributed by atoms with Crippen LogP contribution in [0.1, 0.15) is 0 Å². The first-order chi connectivity index (χ1) is 7.68. The van der Waals surface area contributed by atoms with Crippen molar-refractivity contribution in [2.24, 2.45) is 0 Å². The predicted molar refractivity (Wildman–Crippen MR) is 65.7 cm³/mol. The second-order valence-corrected chi connectivity index (χ2v) is 3.83. The van der Waals surface area contributed by atoms with Crippen molar-refractivity contribution in [3.05, 3.63) is 24.3 Å². The molecule has 2 N–H and O–H groups in total. The first-order valence-corrected chi connectivity index (χ1v) is 5.39. The van der Waals surface area contributed by atoms with Gasteiger partial charge in [-0.15, -0.1) is 0 Å². The van der Waals surface area contributed by atoms with Gasteiger partial charge in [-0.2, -0.15) is 0 Å². The van der Waals surface area contributed by atoms with E-state index < -0.39 is 0 Å². The van der Waals surface area contributed by atoms with E-state index in [4.69, 9.17) is 15.2 Å². The Bertz CT molecular complexity index is 286. The second kappa shape index (κ2) is 7.09. The Morgan fingerprint density at radius 2 is 1.75 bits per heavy atom. The maximum absolute atomic E-state index is 5.56. The monoisotopic (exact) mass is 224 g/mol. The van der Waals surface area contributed by atoms with E-state index in [1.54, 1.807) is 0 Å². The van der Waals surface area contributed by atoms with Crippen molar-refractivity contribution in [2.45, 2.75) is 0 Å². The van der Waals surface area contributed by atoms with Crippen LogP contribution in [0, 0.1) is 0 Å². The molecule has 0 fully saturated rings. The average Bonchev–Trinajstić information content (AvgIpc) is 2.25. The lowest BCUT2D eigenvalue weighted by Crippen LogP contribution is -2.19. The van der Waals surface area contributed by atoms with Crippen LogP contribution in [-0.4, -0.2) is 45.4 Å². The lowest BCUT2D eigenvalue weighted by molar-refractivity contribution is 0.0890. The third kappa shape index (κ3) is 5.58. The Kier molecular flexibility index (Phi) is 5.67. The van der Waals surface area contributed by atoms with Crippen molar-refractivity contribution in [2.75, 3.05) is 46.2 Å². The van der Waals surface area contributed by atoms with Gasteiger partial charge in [-0.25, -0.2) is 0 Å². The van der Waals surface area contributed by atoms with Gasteiger partial charge in [0, 0.05) is 12.2 Å². The molecule has 0 spiro atoms. The molecule has 16 heavy (non-hydrogen) atoms. The Balaban J connectivity index is 2.05. The van der Waals surface area contributed by atoms with E-state index >= 15 is 0 Å². The van der Waals surface area contributed by atoms with Gasteiger partial charge < -0.3 is 20.1 Å².